The number of carbonyl (C=O) groups is 2. The van der Waals surface area contributed by atoms with E-state index in [-0.39, 0.29) is 24.0 Å². The highest BCUT2D eigenvalue weighted by molar-refractivity contribution is 6.31. The number of piperazine rings is 1. The Balaban J connectivity index is 1.71. The molecule has 3 rings (SSSR count). The first-order valence-electron chi connectivity index (χ1n) is 8.48. The first kappa shape index (κ1) is 18.3. The van der Waals surface area contributed by atoms with E-state index in [1.807, 2.05) is 0 Å². The summed E-state index contributed by atoms with van der Waals surface area (Å²) in [6.45, 7) is 4.00. The SMILES string of the molecule is CCOC(=O)N1CCN(C(=O)Cn2ccc(=O)c3ccc(Cl)cc32)CC1. The molecule has 0 aliphatic carbocycles. The average molecular weight is 378 g/mol. The zero-order chi connectivity index (χ0) is 18.7. The highest BCUT2D eigenvalue weighted by Gasteiger charge is 2.25. The minimum atomic E-state index is -0.347. The molecule has 1 aromatic heterocycles. The van der Waals surface area contributed by atoms with Gasteiger partial charge in [-0.1, -0.05) is 11.6 Å². The van der Waals surface area contributed by atoms with Crippen LogP contribution in [0.4, 0.5) is 4.79 Å². The third kappa shape index (κ3) is 3.83. The van der Waals surface area contributed by atoms with E-state index in [1.54, 1.807) is 45.7 Å². The van der Waals surface area contributed by atoms with Crippen LogP contribution in [0.15, 0.2) is 35.3 Å². The van der Waals surface area contributed by atoms with E-state index in [0.29, 0.717) is 48.7 Å². The molecule has 2 aromatic rings. The first-order valence-corrected chi connectivity index (χ1v) is 8.85. The number of fused-ring (bicyclic) bond motifs is 1. The Morgan fingerprint density at radius 2 is 1.81 bits per heavy atom. The Morgan fingerprint density at radius 3 is 2.50 bits per heavy atom. The summed E-state index contributed by atoms with van der Waals surface area (Å²) in [4.78, 5) is 39.7. The van der Waals surface area contributed by atoms with Crippen molar-refractivity contribution in [2.24, 2.45) is 0 Å². The molecular weight excluding hydrogens is 358 g/mol. The van der Waals surface area contributed by atoms with Crippen LogP contribution >= 0.6 is 11.6 Å². The summed E-state index contributed by atoms with van der Waals surface area (Å²) in [6, 6.07) is 6.46. The molecule has 7 nitrogen and oxygen atoms in total. The van der Waals surface area contributed by atoms with Gasteiger partial charge in [-0.05, 0) is 25.1 Å². The summed E-state index contributed by atoms with van der Waals surface area (Å²) in [5.41, 5.74) is 0.520. The van der Waals surface area contributed by atoms with E-state index in [0.717, 1.165) is 0 Å². The molecule has 1 fully saturated rings. The van der Waals surface area contributed by atoms with Crippen LogP contribution in [0, 0.1) is 0 Å². The molecule has 1 aliphatic heterocycles. The monoisotopic (exact) mass is 377 g/mol. The van der Waals surface area contributed by atoms with Crippen molar-refractivity contribution in [3.63, 3.8) is 0 Å². The topological polar surface area (TPSA) is 71.8 Å². The molecule has 1 aromatic carbocycles. The van der Waals surface area contributed by atoms with Crippen molar-refractivity contribution in [3.8, 4) is 0 Å². The van der Waals surface area contributed by atoms with Crippen LogP contribution in [-0.4, -0.2) is 59.2 Å². The van der Waals surface area contributed by atoms with E-state index in [2.05, 4.69) is 0 Å². The molecule has 138 valence electrons. The van der Waals surface area contributed by atoms with E-state index in [1.165, 1.54) is 6.07 Å². The van der Waals surface area contributed by atoms with Gasteiger partial charge in [-0.2, -0.15) is 0 Å². The minimum Gasteiger partial charge on any atom is -0.450 e. The summed E-state index contributed by atoms with van der Waals surface area (Å²) >= 11 is 6.04. The van der Waals surface area contributed by atoms with Crippen LogP contribution in [0.2, 0.25) is 5.02 Å². The number of hydrogen-bond donors (Lipinski definition) is 0. The maximum atomic E-state index is 12.6. The van der Waals surface area contributed by atoms with Crippen LogP contribution in [0.25, 0.3) is 10.9 Å². The van der Waals surface area contributed by atoms with Crippen LogP contribution in [-0.2, 0) is 16.1 Å². The number of halogens is 1. The lowest BCUT2D eigenvalue weighted by Crippen LogP contribution is -2.51. The Morgan fingerprint density at radius 1 is 1.12 bits per heavy atom. The van der Waals surface area contributed by atoms with Crippen molar-refractivity contribution >= 4 is 34.5 Å². The third-order valence-corrected chi connectivity index (χ3v) is 4.64. The Labute approximate surface area is 155 Å². The van der Waals surface area contributed by atoms with Gasteiger partial charge < -0.3 is 19.1 Å². The normalized spacial score (nSPS) is 14.5. The highest BCUT2D eigenvalue weighted by atomic mass is 35.5. The summed E-state index contributed by atoms with van der Waals surface area (Å²) in [7, 11) is 0. The standard InChI is InChI=1S/C18H20ClN3O4/c1-2-26-18(25)21-9-7-20(8-10-21)17(24)12-22-6-5-16(23)14-4-3-13(19)11-15(14)22/h3-6,11H,2,7-10,12H2,1H3. The molecule has 8 heteroatoms. The van der Waals surface area contributed by atoms with Gasteiger partial charge in [0.1, 0.15) is 6.54 Å². The highest BCUT2D eigenvalue weighted by Crippen LogP contribution is 2.17. The second-order valence-electron chi connectivity index (χ2n) is 6.04. The maximum Gasteiger partial charge on any atom is 0.409 e. The van der Waals surface area contributed by atoms with Gasteiger partial charge in [-0.3, -0.25) is 9.59 Å². The van der Waals surface area contributed by atoms with Crippen molar-refractivity contribution in [1.82, 2.24) is 14.4 Å². The fourth-order valence-corrected chi connectivity index (χ4v) is 3.18. The van der Waals surface area contributed by atoms with Crippen LogP contribution in [0.5, 0.6) is 0 Å². The molecule has 1 saturated heterocycles. The van der Waals surface area contributed by atoms with Crippen LogP contribution in [0.1, 0.15) is 6.92 Å². The predicted molar refractivity (Wildman–Crippen MR) is 98.4 cm³/mol. The van der Waals surface area contributed by atoms with E-state index in [9.17, 15) is 14.4 Å². The van der Waals surface area contributed by atoms with Gasteiger partial charge in [0.25, 0.3) is 0 Å². The Bertz CT molecular complexity index is 888. The molecule has 0 saturated carbocycles. The smallest absolute Gasteiger partial charge is 0.409 e. The summed E-state index contributed by atoms with van der Waals surface area (Å²) in [5, 5.41) is 1.03. The van der Waals surface area contributed by atoms with Gasteiger partial charge in [0.05, 0.1) is 12.1 Å². The van der Waals surface area contributed by atoms with Crippen LogP contribution < -0.4 is 5.43 Å². The van der Waals surface area contributed by atoms with Crippen molar-refractivity contribution in [2.45, 2.75) is 13.5 Å². The lowest BCUT2D eigenvalue weighted by atomic mass is 10.2. The molecule has 0 spiro atoms. The third-order valence-electron chi connectivity index (χ3n) is 4.40. The number of rotatable bonds is 3. The van der Waals surface area contributed by atoms with Crippen molar-refractivity contribution in [2.75, 3.05) is 32.8 Å². The number of nitrogens with zero attached hydrogens (tertiary/aromatic N) is 3. The predicted octanol–water partition coefficient (Wildman–Crippen LogP) is 1.96. The second kappa shape index (κ2) is 7.78. The average Bonchev–Trinajstić information content (AvgIpc) is 2.64. The van der Waals surface area contributed by atoms with Crippen LogP contribution in [0.3, 0.4) is 0 Å². The quantitative estimate of drug-likeness (QED) is 0.819. The fourth-order valence-electron chi connectivity index (χ4n) is 3.02. The summed E-state index contributed by atoms with van der Waals surface area (Å²) in [6.07, 6.45) is 1.26. The largest absolute Gasteiger partial charge is 0.450 e. The Kier molecular flexibility index (Phi) is 5.46. The number of carbonyl (C=O) groups excluding carboxylic acids is 2. The molecule has 26 heavy (non-hydrogen) atoms. The maximum absolute atomic E-state index is 12.6. The number of hydrogen-bond acceptors (Lipinski definition) is 4. The van der Waals surface area contributed by atoms with Crippen molar-refractivity contribution < 1.29 is 14.3 Å². The summed E-state index contributed by atoms with van der Waals surface area (Å²) < 4.78 is 6.71. The van der Waals surface area contributed by atoms with Gasteiger partial charge >= 0.3 is 6.09 Å². The molecule has 0 atom stereocenters. The molecule has 2 heterocycles. The lowest BCUT2D eigenvalue weighted by molar-refractivity contribution is -0.133. The van der Waals surface area contributed by atoms with Gasteiger partial charge in [-0.15, -0.1) is 0 Å². The lowest BCUT2D eigenvalue weighted by Gasteiger charge is -2.34. The zero-order valence-electron chi connectivity index (χ0n) is 14.5. The van der Waals surface area contributed by atoms with Gasteiger partial charge in [0.15, 0.2) is 5.43 Å². The van der Waals surface area contributed by atoms with Gasteiger partial charge in [0.2, 0.25) is 5.91 Å². The van der Waals surface area contributed by atoms with Crippen molar-refractivity contribution in [1.29, 1.82) is 0 Å². The van der Waals surface area contributed by atoms with E-state index in [4.69, 9.17) is 16.3 Å². The minimum absolute atomic E-state index is 0.0709. The second-order valence-corrected chi connectivity index (χ2v) is 6.47. The first-order chi connectivity index (χ1) is 12.5. The number of amides is 2. The fraction of sp³-hybridized carbons (Fsp3) is 0.389. The summed E-state index contributed by atoms with van der Waals surface area (Å²) in [5.74, 6) is -0.0709. The number of pyridine rings is 1. The number of benzene rings is 1. The molecule has 0 unspecified atom stereocenters. The molecular formula is C18H20ClN3O4. The molecule has 1 aliphatic rings. The number of ether oxygens (including phenoxy) is 1. The van der Waals surface area contributed by atoms with Gasteiger partial charge in [0, 0.05) is 48.9 Å². The molecule has 2 amide bonds. The number of aromatic nitrogens is 1. The zero-order valence-corrected chi connectivity index (χ0v) is 15.2. The Hall–Kier alpha value is -2.54. The van der Waals surface area contributed by atoms with E-state index < -0.39 is 0 Å². The molecule has 0 bridgehead atoms. The van der Waals surface area contributed by atoms with E-state index >= 15 is 0 Å². The molecule has 0 N–H and O–H groups in total. The molecule has 0 radical (unpaired) electrons. The van der Waals surface area contributed by atoms with Crippen molar-refractivity contribution in [3.05, 3.63) is 45.7 Å². The van der Waals surface area contributed by atoms with Gasteiger partial charge in [-0.25, -0.2) is 4.79 Å².